The Balaban J connectivity index is 2.03. The van der Waals surface area contributed by atoms with Gasteiger partial charge < -0.3 is 24.8 Å². The van der Waals surface area contributed by atoms with Crippen LogP contribution < -0.4 is 24.8 Å². The van der Waals surface area contributed by atoms with Gasteiger partial charge in [-0.15, -0.1) is 0 Å². The molecule has 2 rings (SSSR count). The normalized spacial score (nSPS) is 15.6. The van der Waals surface area contributed by atoms with Crippen LogP contribution in [0, 0.1) is 17.2 Å². The molecule has 1 aromatic carbocycles. The van der Waals surface area contributed by atoms with E-state index in [1.165, 1.54) is 21.3 Å². The molecule has 0 saturated heterocycles. The fraction of sp³-hybridized carbons (Fsp3) is 0.529. The molecule has 1 saturated carbocycles. The molecule has 0 aromatic heterocycles. The minimum Gasteiger partial charge on any atom is -0.493 e. The maximum atomic E-state index is 12.1. The number of carbonyl (C=O) groups excluding carboxylic acids is 1. The molecule has 1 atom stereocenters. The number of benzene rings is 1. The first-order valence-electron chi connectivity index (χ1n) is 7.73. The van der Waals surface area contributed by atoms with Crippen LogP contribution in [0.2, 0.25) is 0 Å². The van der Waals surface area contributed by atoms with Crippen molar-refractivity contribution in [1.29, 1.82) is 5.26 Å². The zero-order valence-corrected chi connectivity index (χ0v) is 14.4. The fourth-order valence-electron chi connectivity index (χ4n) is 2.58. The molecule has 1 fully saturated rings. The summed E-state index contributed by atoms with van der Waals surface area (Å²) in [6, 6.07) is 5.65. The molecule has 7 nitrogen and oxygen atoms in total. The Kier molecular flexibility index (Phi) is 5.39. The molecule has 2 N–H and O–H groups in total. The van der Waals surface area contributed by atoms with Gasteiger partial charge in [0.25, 0.3) is 0 Å². The van der Waals surface area contributed by atoms with E-state index >= 15 is 0 Å². The van der Waals surface area contributed by atoms with Gasteiger partial charge in [-0.25, -0.2) is 0 Å². The predicted octanol–water partition coefficient (Wildman–Crippen LogP) is 1.93. The van der Waals surface area contributed by atoms with Gasteiger partial charge in [0, 0.05) is 17.8 Å². The number of carbonyl (C=O) groups is 1. The van der Waals surface area contributed by atoms with Crippen LogP contribution in [0.25, 0.3) is 0 Å². The van der Waals surface area contributed by atoms with E-state index in [0.717, 1.165) is 12.8 Å². The van der Waals surface area contributed by atoms with Crippen LogP contribution >= 0.6 is 0 Å². The van der Waals surface area contributed by atoms with Gasteiger partial charge in [0.1, 0.15) is 5.54 Å². The molecular formula is C17H23N3O4. The van der Waals surface area contributed by atoms with E-state index in [1.54, 1.807) is 19.1 Å². The number of nitriles is 1. The topological polar surface area (TPSA) is 92.6 Å². The fourth-order valence-corrected chi connectivity index (χ4v) is 2.58. The molecule has 24 heavy (non-hydrogen) atoms. The first-order chi connectivity index (χ1) is 11.5. The first-order valence-corrected chi connectivity index (χ1v) is 7.73. The summed E-state index contributed by atoms with van der Waals surface area (Å²) in [7, 11) is 4.59. The highest BCUT2D eigenvalue weighted by molar-refractivity contribution is 5.82. The van der Waals surface area contributed by atoms with Crippen molar-refractivity contribution in [2.45, 2.75) is 25.3 Å². The highest BCUT2D eigenvalue weighted by Crippen LogP contribution is 2.40. The molecule has 1 amide bonds. The molecule has 0 spiro atoms. The van der Waals surface area contributed by atoms with Crippen molar-refractivity contribution in [2.24, 2.45) is 5.92 Å². The summed E-state index contributed by atoms with van der Waals surface area (Å²) in [5, 5.41) is 15.1. The van der Waals surface area contributed by atoms with Gasteiger partial charge in [-0.3, -0.25) is 4.79 Å². The Hall–Kier alpha value is -2.62. The summed E-state index contributed by atoms with van der Waals surface area (Å²) in [4.78, 5) is 12.1. The van der Waals surface area contributed by atoms with Crippen molar-refractivity contribution in [3.05, 3.63) is 12.1 Å². The number of hydrogen-bond acceptors (Lipinski definition) is 6. The van der Waals surface area contributed by atoms with E-state index in [4.69, 9.17) is 14.2 Å². The summed E-state index contributed by atoms with van der Waals surface area (Å²) < 4.78 is 15.8. The standard InChI is InChI=1S/C17H23N3O4/c1-17(10-18,11-5-6-11)20-15(21)9-19-12-7-13(22-2)16(24-4)14(8-12)23-3/h7-8,11,19H,5-6,9H2,1-4H3,(H,20,21)/t17-/m0/s1. The van der Waals surface area contributed by atoms with Crippen LogP contribution in [0.3, 0.4) is 0 Å². The SMILES string of the molecule is COc1cc(NCC(=O)N[C@@](C)(C#N)C2CC2)cc(OC)c1OC. The lowest BCUT2D eigenvalue weighted by Gasteiger charge is -2.23. The lowest BCUT2D eigenvalue weighted by atomic mass is 9.98. The Morgan fingerprint density at radius 1 is 1.25 bits per heavy atom. The number of methoxy groups -OCH3 is 3. The van der Waals surface area contributed by atoms with Crippen molar-refractivity contribution < 1.29 is 19.0 Å². The Labute approximate surface area is 141 Å². The number of nitrogens with one attached hydrogen (secondary N) is 2. The Bertz CT molecular complexity index is 627. The predicted molar refractivity (Wildman–Crippen MR) is 89.5 cm³/mol. The maximum Gasteiger partial charge on any atom is 0.240 e. The second-order valence-corrected chi connectivity index (χ2v) is 5.90. The van der Waals surface area contributed by atoms with Gasteiger partial charge in [0.15, 0.2) is 11.5 Å². The monoisotopic (exact) mass is 333 g/mol. The van der Waals surface area contributed by atoms with Gasteiger partial charge in [-0.2, -0.15) is 5.26 Å². The number of nitrogens with zero attached hydrogens (tertiary/aromatic N) is 1. The minimum atomic E-state index is -0.798. The lowest BCUT2D eigenvalue weighted by Crippen LogP contribution is -2.48. The summed E-state index contributed by atoms with van der Waals surface area (Å²) in [6.45, 7) is 1.81. The van der Waals surface area contributed by atoms with Crippen LogP contribution in [-0.4, -0.2) is 39.3 Å². The van der Waals surface area contributed by atoms with Gasteiger partial charge in [0.05, 0.1) is 33.9 Å². The van der Waals surface area contributed by atoms with Gasteiger partial charge in [0.2, 0.25) is 11.7 Å². The lowest BCUT2D eigenvalue weighted by molar-refractivity contribution is -0.120. The molecule has 1 aliphatic carbocycles. The summed E-state index contributed by atoms with van der Waals surface area (Å²) >= 11 is 0. The smallest absolute Gasteiger partial charge is 0.240 e. The number of ether oxygens (including phenoxy) is 3. The third kappa shape index (κ3) is 3.82. The van der Waals surface area contributed by atoms with Crippen molar-refractivity contribution in [2.75, 3.05) is 33.2 Å². The van der Waals surface area contributed by atoms with E-state index in [-0.39, 0.29) is 18.4 Å². The summed E-state index contributed by atoms with van der Waals surface area (Å²) in [5.41, 5.74) is -0.140. The molecule has 0 unspecified atom stereocenters. The summed E-state index contributed by atoms with van der Waals surface area (Å²) in [6.07, 6.45) is 1.95. The number of hydrogen-bond donors (Lipinski definition) is 2. The average Bonchev–Trinajstić information content (AvgIpc) is 3.44. The van der Waals surface area contributed by atoms with E-state index in [1.807, 2.05) is 0 Å². The van der Waals surface area contributed by atoms with Crippen molar-refractivity contribution in [1.82, 2.24) is 5.32 Å². The van der Waals surface area contributed by atoms with E-state index < -0.39 is 5.54 Å². The van der Waals surface area contributed by atoms with Crippen LogP contribution in [0.1, 0.15) is 19.8 Å². The molecular weight excluding hydrogens is 310 g/mol. The maximum absolute atomic E-state index is 12.1. The molecule has 7 heteroatoms. The van der Waals surface area contributed by atoms with Gasteiger partial charge in [-0.05, 0) is 25.7 Å². The Morgan fingerprint density at radius 2 is 1.83 bits per heavy atom. The van der Waals surface area contributed by atoms with E-state index in [2.05, 4.69) is 16.7 Å². The van der Waals surface area contributed by atoms with Crippen LogP contribution in [-0.2, 0) is 4.79 Å². The number of anilines is 1. The Morgan fingerprint density at radius 3 is 2.25 bits per heavy atom. The second kappa shape index (κ2) is 7.30. The van der Waals surface area contributed by atoms with Crippen molar-refractivity contribution in [3.63, 3.8) is 0 Å². The van der Waals surface area contributed by atoms with E-state index in [0.29, 0.717) is 22.9 Å². The molecule has 0 heterocycles. The third-order valence-electron chi connectivity index (χ3n) is 4.14. The summed E-state index contributed by atoms with van der Waals surface area (Å²) in [5.74, 6) is 1.49. The molecule has 1 aliphatic rings. The zero-order chi connectivity index (χ0) is 17.7. The first kappa shape index (κ1) is 17.7. The number of rotatable bonds is 8. The van der Waals surface area contributed by atoms with E-state index in [9.17, 15) is 10.1 Å². The molecule has 0 aliphatic heterocycles. The zero-order valence-electron chi connectivity index (χ0n) is 14.4. The average molecular weight is 333 g/mol. The van der Waals surface area contributed by atoms with Gasteiger partial charge in [-0.1, -0.05) is 0 Å². The van der Waals surface area contributed by atoms with Crippen LogP contribution in [0.15, 0.2) is 12.1 Å². The molecule has 0 radical (unpaired) electrons. The van der Waals surface area contributed by atoms with Crippen molar-refractivity contribution >= 4 is 11.6 Å². The minimum absolute atomic E-state index is 0.0443. The molecule has 1 aromatic rings. The highest BCUT2D eigenvalue weighted by atomic mass is 16.5. The third-order valence-corrected chi connectivity index (χ3v) is 4.14. The quantitative estimate of drug-likeness (QED) is 0.755. The van der Waals surface area contributed by atoms with Crippen LogP contribution in [0.4, 0.5) is 5.69 Å². The molecule has 0 bridgehead atoms. The largest absolute Gasteiger partial charge is 0.493 e. The molecule has 130 valence electrons. The van der Waals surface area contributed by atoms with Crippen LogP contribution in [0.5, 0.6) is 17.2 Å². The number of amides is 1. The second-order valence-electron chi connectivity index (χ2n) is 5.90. The van der Waals surface area contributed by atoms with Gasteiger partial charge >= 0.3 is 0 Å². The van der Waals surface area contributed by atoms with Crippen molar-refractivity contribution in [3.8, 4) is 23.3 Å². The highest BCUT2D eigenvalue weighted by Gasteiger charge is 2.42.